The lowest BCUT2D eigenvalue weighted by Crippen LogP contribution is -2.38. The van der Waals surface area contributed by atoms with E-state index in [1.54, 1.807) is 6.07 Å². The lowest BCUT2D eigenvalue weighted by Gasteiger charge is -2.33. The van der Waals surface area contributed by atoms with Crippen LogP contribution in [0.3, 0.4) is 0 Å². The van der Waals surface area contributed by atoms with Gasteiger partial charge in [0.1, 0.15) is 5.82 Å². The molecule has 6 heteroatoms. The summed E-state index contributed by atoms with van der Waals surface area (Å²) in [5.74, 6) is -0.250. The molecule has 1 aliphatic heterocycles. The van der Waals surface area contributed by atoms with E-state index < -0.39 is 11.7 Å². The number of para-hydroxylation sites is 1. The Morgan fingerprint density at radius 2 is 1.79 bits per heavy atom. The number of likely N-dealkylation sites (N-methyl/N-ethyl adjacent to an activating group) is 1. The van der Waals surface area contributed by atoms with Crippen molar-refractivity contribution in [2.45, 2.75) is 52.0 Å². The maximum Gasteiger partial charge on any atom is 0.416 e. The smallest absolute Gasteiger partial charge is 0.342 e. The average Bonchev–Trinajstić information content (AvgIpc) is 2.99. The third kappa shape index (κ3) is 3.66. The van der Waals surface area contributed by atoms with E-state index >= 15 is 0 Å². The minimum Gasteiger partial charge on any atom is -0.342 e. The van der Waals surface area contributed by atoms with Gasteiger partial charge in [-0.25, -0.2) is 4.39 Å². The second-order valence-electron chi connectivity index (χ2n) is 7.77. The summed E-state index contributed by atoms with van der Waals surface area (Å²) in [4.78, 5) is 2.38. The summed E-state index contributed by atoms with van der Waals surface area (Å²) in [5.41, 5.74) is 3.09. The number of rotatable bonds is 4. The maximum atomic E-state index is 14.8. The van der Waals surface area contributed by atoms with Crippen molar-refractivity contribution in [1.82, 2.24) is 9.47 Å². The number of nitrogens with zero attached hydrogens (tertiary/aromatic N) is 2. The van der Waals surface area contributed by atoms with Crippen molar-refractivity contribution in [2.75, 3.05) is 6.54 Å². The van der Waals surface area contributed by atoms with Gasteiger partial charge in [0.15, 0.2) is 0 Å². The predicted octanol–water partition coefficient (Wildman–Crippen LogP) is 5.81. The zero-order valence-electron chi connectivity index (χ0n) is 16.6. The number of halogens is 4. The fourth-order valence-corrected chi connectivity index (χ4v) is 4.44. The fraction of sp³-hybridized carbons (Fsp3) is 0.391. The van der Waals surface area contributed by atoms with Gasteiger partial charge in [-0.2, -0.15) is 13.2 Å². The van der Waals surface area contributed by atoms with Crippen LogP contribution in [0.15, 0.2) is 42.5 Å². The standard InChI is InChI=1S/C23H24F4N2/c1-3-28-14-19-18-5-4-6-20(24)22(18)29(21(19)13-15(28)2)12-11-16-7-9-17(10-8-16)23(25,26)27/h4-10,15H,3,11-14H2,1-2H3. The van der Waals surface area contributed by atoms with Crippen molar-refractivity contribution in [3.05, 3.63) is 70.7 Å². The molecule has 2 heterocycles. The Morgan fingerprint density at radius 1 is 1.07 bits per heavy atom. The predicted molar refractivity (Wildman–Crippen MR) is 106 cm³/mol. The monoisotopic (exact) mass is 404 g/mol. The summed E-state index contributed by atoms with van der Waals surface area (Å²) < 4.78 is 55.2. The highest BCUT2D eigenvalue weighted by Gasteiger charge is 2.30. The van der Waals surface area contributed by atoms with Crippen molar-refractivity contribution in [2.24, 2.45) is 0 Å². The van der Waals surface area contributed by atoms with Crippen LogP contribution in [0.25, 0.3) is 10.9 Å². The van der Waals surface area contributed by atoms with Gasteiger partial charge in [0.25, 0.3) is 0 Å². The van der Waals surface area contributed by atoms with Gasteiger partial charge < -0.3 is 4.57 Å². The molecule has 0 fully saturated rings. The van der Waals surface area contributed by atoms with Crippen LogP contribution in [0.2, 0.25) is 0 Å². The zero-order chi connectivity index (χ0) is 20.8. The molecule has 2 nitrogen and oxygen atoms in total. The number of hydrogen-bond acceptors (Lipinski definition) is 1. The van der Waals surface area contributed by atoms with Crippen LogP contribution in [0.4, 0.5) is 17.6 Å². The Hall–Kier alpha value is -2.34. The molecule has 2 aromatic carbocycles. The number of benzene rings is 2. The Morgan fingerprint density at radius 3 is 2.45 bits per heavy atom. The summed E-state index contributed by atoms with van der Waals surface area (Å²) in [7, 11) is 0. The van der Waals surface area contributed by atoms with E-state index in [2.05, 4.69) is 18.7 Å². The molecule has 0 aliphatic carbocycles. The Balaban J connectivity index is 1.68. The quantitative estimate of drug-likeness (QED) is 0.498. The van der Waals surface area contributed by atoms with Gasteiger partial charge in [-0.15, -0.1) is 0 Å². The fourth-order valence-electron chi connectivity index (χ4n) is 4.44. The highest BCUT2D eigenvalue weighted by Crippen LogP contribution is 2.34. The van der Waals surface area contributed by atoms with Crippen LogP contribution in [0, 0.1) is 5.82 Å². The molecule has 1 aromatic heterocycles. The molecule has 0 amide bonds. The topological polar surface area (TPSA) is 8.17 Å². The van der Waals surface area contributed by atoms with Crippen molar-refractivity contribution in [3.63, 3.8) is 0 Å². The minimum atomic E-state index is -4.33. The first-order chi connectivity index (χ1) is 13.8. The highest BCUT2D eigenvalue weighted by molar-refractivity contribution is 5.86. The summed E-state index contributed by atoms with van der Waals surface area (Å²) in [5, 5.41) is 0.942. The van der Waals surface area contributed by atoms with E-state index in [1.807, 2.05) is 10.6 Å². The number of hydrogen-bond donors (Lipinski definition) is 0. The zero-order valence-corrected chi connectivity index (χ0v) is 16.6. The molecule has 0 saturated carbocycles. The van der Waals surface area contributed by atoms with E-state index in [0.29, 0.717) is 24.5 Å². The van der Waals surface area contributed by atoms with Gasteiger partial charge >= 0.3 is 6.18 Å². The molecule has 0 radical (unpaired) electrons. The lowest BCUT2D eigenvalue weighted by atomic mass is 9.99. The van der Waals surface area contributed by atoms with Crippen molar-refractivity contribution in [1.29, 1.82) is 0 Å². The van der Waals surface area contributed by atoms with E-state index in [0.717, 1.165) is 48.3 Å². The van der Waals surface area contributed by atoms with E-state index in [1.165, 1.54) is 23.8 Å². The molecule has 0 N–H and O–H groups in total. The van der Waals surface area contributed by atoms with Gasteiger partial charge in [-0.3, -0.25) is 4.90 Å². The minimum absolute atomic E-state index is 0.250. The Labute approximate surface area is 167 Å². The van der Waals surface area contributed by atoms with Gasteiger partial charge in [-0.05, 0) is 49.2 Å². The molecule has 1 atom stereocenters. The maximum absolute atomic E-state index is 14.8. The normalized spacial score (nSPS) is 17.7. The Bertz CT molecular complexity index is 1020. The third-order valence-electron chi connectivity index (χ3n) is 6.04. The highest BCUT2D eigenvalue weighted by atomic mass is 19.4. The second-order valence-corrected chi connectivity index (χ2v) is 7.77. The largest absolute Gasteiger partial charge is 0.416 e. The van der Waals surface area contributed by atoms with Crippen molar-refractivity contribution < 1.29 is 17.6 Å². The molecular formula is C23H24F4N2. The molecular weight excluding hydrogens is 380 g/mol. The molecule has 154 valence electrons. The summed E-state index contributed by atoms with van der Waals surface area (Å²) in [6.07, 6.45) is -2.95. The van der Waals surface area contributed by atoms with Gasteiger partial charge in [0.2, 0.25) is 0 Å². The van der Waals surface area contributed by atoms with Gasteiger partial charge in [0, 0.05) is 36.6 Å². The first-order valence-corrected chi connectivity index (χ1v) is 9.98. The van der Waals surface area contributed by atoms with Crippen molar-refractivity contribution in [3.8, 4) is 0 Å². The van der Waals surface area contributed by atoms with E-state index in [4.69, 9.17) is 0 Å². The van der Waals surface area contributed by atoms with E-state index in [9.17, 15) is 17.6 Å². The average molecular weight is 404 g/mol. The number of alkyl halides is 3. The first kappa shape index (κ1) is 20.0. The molecule has 29 heavy (non-hydrogen) atoms. The van der Waals surface area contributed by atoms with Crippen LogP contribution >= 0.6 is 0 Å². The van der Waals surface area contributed by atoms with Crippen LogP contribution in [-0.2, 0) is 32.1 Å². The lowest BCUT2D eigenvalue weighted by molar-refractivity contribution is -0.137. The van der Waals surface area contributed by atoms with Crippen LogP contribution in [-0.4, -0.2) is 22.1 Å². The molecule has 0 saturated heterocycles. The SMILES string of the molecule is CCN1Cc2c(n(CCc3ccc(C(F)(F)F)cc3)c3c(F)cccc23)CC1C. The first-order valence-electron chi connectivity index (χ1n) is 9.98. The van der Waals surface area contributed by atoms with Gasteiger partial charge in [0.05, 0.1) is 11.1 Å². The molecule has 1 unspecified atom stereocenters. The third-order valence-corrected chi connectivity index (χ3v) is 6.04. The van der Waals surface area contributed by atoms with Crippen LogP contribution in [0.1, 0.15) is 36.2 Å². The number of fused-ring (bicyclic) bond motifs is 3. The van der Waals surface area contributed by atoms with Crippen molar-refractivity contribution >= 4 is 10.9 Å². The molecule has 0 bridgehead atoms. The summed E-state index contributed by atoms with van der Waals surface area (Å²) in [6, 6.07) is 10.8. The summed E-state index contributed by atoms with van der Waals surface area (Å²) in [6.45, 7) is 6.58. The van der Waals surface area contributed by atoms with Crippen LogP contribution in [0.5, 0.6) is 0 Å². The van der Waals surface area contributed by atoms with Gasteiger partial charge in [-0.1, -0.05) is 31.2 Å². The molecule has 1 aliphatic rings. The Kier molecular flexibility index (Phi) is 5.15. The van der Waals surface area contributed by atoms with Crippen LogP contribution < -0.4 is 0 Å². The summed E-state index contributed by atoms with van der Waals surface area (Å²) >= 11 is 0. The molecule has 0 spiro atoms. The van der Waals surface area contributed by atoms with E-state index in [-0.39, 0.29) is 5.82 Å². The number of aryl methyl sites for hydroxylation is 2. The number of aromatic nitrogens is 1. The molecule has 3 aromatic rings. The second kappa shape index (κ2) is 7.48. The molecule has 4 rings (SSSR count).